The van der Waals surface area contributed by atoms with Crippen LogP contribution in [0.3, 0.4) is 0 Å². The fourth-order valence-electron chi connectivity index (χ4n) is 2.91. The predicted molar refractivity (Wildman–Crippen MR) is 72.2 cm³/mol. The number of hydrogen-bond acceptors (Lipinski definition) is 4. The lowest BCUT2D eigenvalue weighted by atomic mass is 9.91. The molecule has 1 aromatic heterocycles. The lowest BCUT2D eigenvalue weighted by molar-refractivity contribution is 0.117. The molecule has 2 N–H and O–H groups in total. The highest BCUT2D eigenvalue weighted by atomic mass is 16.5. The minimum Gasteiger partial charge on any atom is -0.408 e. The lowest BCUT2D eigenvalue weighted by Gasteiger charge is -2.22. The summed E-state index contributed by atoms with van der Waals surface area (Å²) in [4.78, 5) is 13.8. The Labute approximate surface area is 111 Å². The van der Waals surface area contributed by atoms with Crippen LogP contribution in [0.2, 0.25) is 0 Å². The van der Waals surface area contributed by atoms with Gasteiger partial charge in [0.1, 0.15) is 0 Å². The zero-order valence-corrected chi connectivity index (χ0v) is 11.1. The van der Waals surface area contributed by atoms with Gasteiger partial charge in [0, 0.05) is 12.0 Å². The van der Waals surface area contributed by atoms with Crippen molar-refractivity contribution in [2.24, 2.45) is 5.92 Å². The molecule has 5 heteroatoms. The van der Waals surface area contributed by atoms with Crippen LogP contribution in [0, 0.1) is 5.92 Å². The van der Waals surface area contributed by atoms with Crippen LogP contribution >= 0.6 is 0 Å². The summed E-state index contributed by atoms with van der Waals surface area (Å²) in [5.41, 5.74) is 2.47. The average Bonchev–Trinajstić information content (AvgIpc) is 2.95. The zero-order valence-electron chi connectivity index (χ0n) is 11.1. The van der Waals surface area contributed by atoms with E-state index in [2.05, 4.69) is 17.2 Å². The van der Waals surface area contributed by atoms with Crippen molar-refractivity contribution in [3.05, 3.63) is 34.3 Å². The number of rotatable bonds is 3. The summed E-state index contributed by atoms with van der Waals surface area (Å²) in [5, 5.41) is 3.34. The van der Waals surface area contributed by atoms with Crippen LogP contribution in [0.5, 0.6) is 0 Å². The average molecular weight is 262 g/mol. The molecule has 1 aliphatic rings. The van der Waals surface area contributed by atoms with Gasteiger partial charge in [-0.25, -0.2) is 4.79 Å². The smallest absolute Gasteiger partial charge is 0.408 e. The van der Waals surface area contributed by atoms with Gasteiger partial charge in [-0.1, -0.05) is 6.07 Å². The van der Waals surface area contributed by atoms with Gasteiger partial charge in [-0.3, -0.25) is 4.98 Å². The second kappa shape index (κ2) is 4.83. The van der Waals surface area contributed by atoms with Gasteiger partial charge in [0.25, 0.3) is 0 Å². The SMILES string of the molecule is CNC(c1ccc2[nH]c(=O)oc2c1)C1COC(C)C1. The molecular formula is C14H18N2O3. The molecule has 0 aliphatic carbocycles. The topological polar surface area (TPSA) is 67.3 Å². The second-order valence-electron chi connectivity index (χ2n) is 5.18. The minimum absolute atomic E-state index is 0.217. The van der Waals surface area contributed by atoms with Gasteiger partial charge in [-0.2, -0.15) is 0 Å². The molecule has 0 saturated carbocycles. The fourth-order valence-corrected chi connectivity index (χ4v) is 2.91. The molecule has 5 nitrogen and oxygen atoms in total. The van der Waals surface area contributed by atoms with Crippen LogP contribution in [0.4, 0.5) is 0 Å². The van der Waals surface area contributed by atoms with E-state index in [4.69, 9.17) is 9.15 Å². The number of aromatic nitrogens is 1. The highest BCUT2D eigenvalue weighted by Gasteiger charge is 2.29. The summed E-state index contributed by atoms with van der Waals surface area (Å²) in [5.74, 6) is 0.0362. The molecule has 3 unspecified atom stereocenters. The van der Waals surface area contributed by atoms with Crippen molar-refractivity contribution >= 4 is 11.1 Å². The van der Waals surface area contributed by atoms with Crippen LogP contribution in [0.15, 0.2) is 27.4 Å². The standard InChI is InChI=1S/C14H18N2O3/c1-8-5-10(7-18-8)13(15-2)9-3-4-11-12(6-9)19-14(17)16-11/h3-4,6,8,10,13,15H,5,7H2,1-2H3,(H,16,17). The van der Waals surface area contributed by atoms with Crippen molar-refractivity contribution in [1.82, 2.24) is 10.3 Å². The Morgan fingerprint density at radius 2 is 2.32 bits per heavy atom. The number of fused-ring (bicyclic) bond motifs is 1. The predicted octanol–water partition coefficient (Wildman–Crippen LogP) is 1.81. The number of aromatic amines is 1. The first-order valence-electron chi connectivity index (χ1n) is 6.59. The molecule has 1 aliphatic heterocycles. The number of benzene rings is 1. The van der Waals surface area contributed by atoms with Gasteiger partial charge in [-0.05, 0) is 38.1 Å². The number of ether oxygens (including phenoxy) is 1. The van der Waals surface area contributed by atoms with Gasteiger partial charge in [0.15, 0.2) is 5.58 Å². The molecule has 3 rings (SSSR count). The summed E-state index contributed by atoms with van der Waals surface area (Å²) in [6, 6.07) is 6.06. The third-order valence-electron chi connectivity index (χ3n) is 3.82. The molecule has 0 amide bonds. The quantitative estimate of drug-likeness (QED) is 0.885. The van der Waals surface area contributed by atoms with Gasteiger partial charge < -0.3 is 14.5 Å². The van der Waals surface area contributed by atoms with Gasteiger partial charge >= 0.3 is 5.76 Å². The van der Waals surface area contributed by atoms with Crippen LogP contribution in [0.1, 0.15) is 24.9 Å². The molecule has 19 heavy (non-hydrogen) atoms. The minimum atomic E-state index is -0.411. The normalized spacial score (nSPS) is 24.9. The van der Waals surface area contributed by atoms with E-state index >= 15 is 0 Å². The monoisotopic (exact) mass is 262 g/mol. The molecule has 2 aromatic rings. The Morgan fingerprint density at radius 1 is 1.47 bits per heavy atom. The van der Waals surface area contributed by atoms with Crippen LogP contribution in [-0.2, 0) is 4.74 Å². The highest BCUT2D eigenvalue weighted by Crippen LogP contribution is 2.32. The molecule has 1 fully saturated rings. The Balaban J connectivity index is 1.94. The van der Waals surface area contributed by atoms with Crippen LogP contribution in [-0.4, -0.2) is 24.7 Å². The third kappa shape index (κ3) is 2.31. The molecule has 102 valence electrons. The summed E-state index contributed by atoms with van der Waals surface area (Å²) in [6.07, 6.45) is 1.36. The van der Waals surface area contributed by atoms with Crippen LogP contribution in [0.25, 0.3) is 11.1 Å². The molecule has 0 radical (unpaired) electrons. The van der Waals surface area contributed by atoms with Crippen molar-refractivity contribution in [2.75, 3.05) is 13.7 Å². The molecule has 2 heterocycles. The van der Waals surface area contributed by atoms with Gasteiger partial charge in [0.05, 0.1) is 18.2 Å². The summed E-state index contributed by atoms with van der Waals surface area (Å²) in [6.45, 7) is 2.86. The van der Waals surface area contributed by atoms with Crippen molar-refractivity contribution in [3.63, 3.8) is 0 Å². The molecule has 1 saturated heterocycles. The summed E-state index contributed by atoms with van der Waals surface area (Å²) < 4.78 is 10.8. The molecule has 3 atom stereocenters. The number of nitrogens with one attached hydrogen (secondary N) is 2. The fraction of sp³-hybridized carbons (Fsp3) is 0.500. The van der Waals surface area contributed by atoms with Crippen molar-refractivity contribution in [3.8, 4) is 0 Å². The van der Waals surface area contributed by atoms with E-state index in [1.165, 1.54) is 0 Å². The first kappa shape index (κ1) is 12.4. The summed E-state index contributed by atoms with van der Waals surface area (Å²) >= 11 is 0. The van der Waals surface area contributed by atoms with Crippen molar-refractivity contribution in [2.45, 2.75) is 25.5 Å². The Bertz CT molecular complexity index is 631. The number of hydrogen-bond donors (Lipinski definition) is 2. The maximum absolute atomic E-state index is 11.2. The maximum Gasteiger partial charge on any atom is 0.417 e. The highest BCUT2D eigenvalue weighted by molar-refractivity contribution is 5.72. The second-order valence-corrected chi connectivity index (χ2v) is 5.18. The third-order valence-corrected chi connectivity index (χ3v) is 3.82. The number of H-pyrrole nitrogens is 1. The molecule has 1 aromatic carbocycles. The van der Waals surface area contributed by atoms with Crippen LogP contribution < -0.4 is 11.1 Å². The maximum atomic E-state index is 11.2. The molecule has 0 bridgehead atoms. The van der Waals surface area contributed by atoms with Gasteiger partial charge in [0.2, 0.25) is 0 Å². The largest absolute Gasteiger partial charge is 0.417 e. The molecular weight excluding hydrogens is 244 g/mol. The Kier molecular flexibility index (Phi) is 3.16. The Morgan fingerprint density at radius 3 is 3.00 bits per heavy atom. The first-order chi connectivity index (χ1) is 9.17. The first-order valence-corrected chi connectivity index (χ1v) is 6.59. The van der Waals surface area contributed by atoms with E-state index in [1.807, 2.05) is 25.2 Å². The Hall–Kier alpha value is -1.59. The van der Waals surface area contributed by atoms with E-state index < -0.39 is 5.76 Å². The van der Waals surface area contributed by atoms with E-state index in [1.54, 1.807) is 0 Å². The van der Waals surface area contributed by atoms with E-state index in [-0.39, 0.29) is 6.04 Å². The lowest BCUT2D eigenvalue weighted by Crippen LogP contribution is -2.25. The zero-order chi connectivity index (χ0) is 13.4. The van der Waals surface area contributed by atoms with Crippen molar-refractivity contribution in [1.29, 1.82) is 0 Å². The van der Waals surface area contributed by atoms with E-state index in [0.717, 1.165) is 24.1 Å². The summed E-state index contributed by atoms with van der Waals surface area (Å²) in [7, 11) is 1.95. The van der Waals surface area contributed by atoms with E-state index in [0.29, 0.717) is 17.6 Å². The number of oxazole rings is 1. The van der Waals surface area contributed by atoms with E-state index in [9.17, 15) is 4.79 Å². The molecule has 0 spiro atoms. The van der Waals surface area contributed by atoms with Gasteiger partial charge in [-0.15, -0.1) is 0 Å². The van der Waals surface area contributed by atoms with Crippen molar-refractivity contribution < 1.29 is 9.15 Å².